The Labute approximate surface area is 156 Å². The number of aryl methyl sites for hydroxylation is 1. The zero-order valence-corrected chi connectivity index (χ0v) is 16.6. The molecule has 3 heteroatoms. The number of hydrogen-bond acceptors (Lipinski definition) is 2. The fraction of sp³-hybridized carbons (Fsp3) is 0.217. The number of ketones is 1. The van der Waals surface area contributed by atoms with Crippen LogP contribution in [0.5, 0.6) is 0 Å². The summed E-state index contributed by atoms with van der Waals surface area (Å²) in [6.45, 7) is 6.73. The van der Waals surface area contributed by atoms with Crippen molar-refractivity contribution in [3.63, 3.8) is 0 Å². The molecule has 3 aromatic rings. The Balaban J connectivity index is 1.96. The Morgan fingerprint density at radius 2 is 1.54 bits per heavy atom. The predicted molar refractivity (Wildman–Crippen MR) is 111 cm³/mol. The van der Waals surface area contributed by atoms with E-state index in [0.29, 0.717) is 0 Å². The number of rotatable bonds is 6. The lowest BCUT2D eigenvalue weighted by atomic mass is 9.92. The molecule has 0 saturated heterocycles. The van der Waals surface area contributed by atoms with Crippen molar-refractivity contribution in [1.29, 1.82) is 0 Å². The van der Waals surface area contributed by atoms with Crippen molar-refractivity contribution in [3.8, 4) is 0 Å². The molecule has 1 unspecified atom stereocenters. The second-order valence-corrected chi connectivity index (χ2v) is 12.3. The van der Waals surface area contributed by atoms with Crippen molar-refractivity contribution in [3.05, 3.63) is 95.8 Å². The van der Waals surface area contributed by atoms with Crippen LogP contribution in [0.4, 0.5) is 0 Å². The Hall–Kier alpha value is -2.52. The lowest BCUT2D eigenvalue weighted by molar-refractivity contribution is 0.0965. The smallest absolute Gasteiger partial charge is 0.170 e. The summed E-state index contributed by atoms with van der Waals surface area (Å²) >= 11 is 0. The predicted octanol–water partition coefficient (Wildman–Crippen LogP) is 4.97. The van der Waals surface area contributed by atoms with Crippen LogP contribution in [0.15, 0.2) is 79.1 Å². The Bertz CT molecular complexity index is 858. The van der Waals surface area contributed by atoms with Gasteiger partial charge in [0.25, 0.3) is 0 Å². The summed E-state index contributed by atoms with van der Waals surface area (Å²) in [4.78, 5) is 17.5. The van der Waals surface area contributed by atoms with Gasteiger partial charge in [-0.15, -0.1) is 0 Å². The van der Waals surface area contributed by atoms with E-state index in [1.807, 2.05) is 49.4 Å². The van der Waals surface area contributed by atoms with Crippen LogP contribution >= 0.6 is 0 Å². The molecule has 0 spiro atoms. The Kier molecular flexibility index (Phi) is 5.48. The van der Waals surface area contributed by atoms with Gasteiger partial charge in [0.2, 0.25) is 0 Å². The molecule has 0 fully saturated rings. The van der Waals surface area contributed by atoms with E-state index in [1.165, 1.54) is 10.8 Å². The van der Waals surface area contributed by atoms with Crippen LogP contribution < -0.4 is 5.19 Å². The highest BCUT2D eigenvalue weighted by Crippen LogP contribution is 2.30. The van der Waals surface area contributed by atoms with Crippen LogP contribution in [0.25, 0.3) is 0 Å². The summed E-state index contributed by atoms with van der Waals surface area (Å²) in [6, 6.07) is 23.4. The monoisotopic (exact) mass is 359 g/mol. The largest absolute Gasteiger partial charge is 0.294 e. The fourth-order valence-electron chi connectivity index (χ4n) is 3.39. The first kappa shape index (κ1) is 18.3. The van der Waals surface area contributed by atoms with Gasteiger partial charge in [0.05, 0.1) is 8.07 Å². The van der Waals surface area contributed by atoms with Crippen LogP contribution in [0, 0.1) is 6.92 Å². The molecule has 1 aromatic heterocycles. The van der Waals surface area contributed by atoms with Crippen LogP contribution in [-0.2, 0) is 0 Å². The van der Waals surface area contributed by atoms with E-state index in [0.717, 1.165) is 17.2 Å². The molecule has 0 saturated carbocycles. The SMILES string of the molecule is Cc1ccc(C(=O)C(C[Si](C)(C)c2ccccc2)c2ccncc2)cc1. The number of nitrogens with zero attached hydrogens (tertiary/aromatic N) is 1. The first-order valence-electron chi connectivity index (χ1n) is 9.04. The van der Waals surface area contributed by atoms with E-state index in [-0.39, 0.29) is 11.7 Å². The maximum absolute atomic E-state index is 13.4. The average molecular weight is 360 g/mol. The highest BCUT2D eigenvalue weighted by Gasteiger charge is 2.32. The molecule has 0 N–H and O–H groups in total. The third-order valence-electron chi connectivity index (χ3n) is 5.03. The highest BCUT2D eigenvalue weighted by atomic mass is 28.3. The van der Waals surface area contributed by atoms with Crippen molar-refractivity contribution in [1.82, 2.24) is 4.98 Å². The maximum Gasteiger partial charge on any atom is 0.170 e. The highest BCUT2D eigenvalue weighted by molar-refractivity contribution is 6.90. The van der Waals surface area contributed by atoms with Gasteiger partial charge in [-0.3, -0.25) is 9.78 Å². The molecule has 0 aliphatic rings. The molecular weight excluding hydrogens is 334 g/mol. The van der Waals surface area contributed by atoms with Crippen molar-refractivity contribution >= 4 is 19.0 Å². The third-order valence-corrected chi connectivity index (χ3v) is 8.36. The van der Waals surface area contributed by atoms with Gasteiger partial charge in [-0.05, 0) is 30.7 Å². The zero-order valence-electron chi connectivity index (χ0n) is 15.6. The minimum absolute atomic E-state index is 0.137. The summed E-state index contributed by atoms with van der Waals surface area (Å²) in [5.41, 5.74) is 3.01. The van der Waals surface area contributed by atoms with Gasteiger partial charge in [0, 0.05) is 23.9 Å². The van der Waals surface area contributed by atoms with Crippen molar-refractivity contribution < 1.29 is 4.79 Å². The van der Waals surface area contributed by atoms with Gasteiger partial charge in [-0.1, -0.05) is 78.4 Å². The molecule has 3 rings (SSSR count). The molecular formula is C23H25NOSi. The maximum atomic E-state index is 13.4. The normalized spacial score (nSPS) is 12.6. The van der Waals surface area contributed by atoms with E-state index in [4.69, 9.17) is 0 Å². The van der Waals surface area contributed by atoms with Crippen LogP contribution in [0.1, 0.15) is 27.4 Å². The first-order valence-corrected chi connectivity index (χ1v) is 12.2. The molecule has 0 bridgehead atoms. The molecule has 2 nitrogen and oxygen atoms in total. The topological polar surface area (TPSA) is 30.0 Å². The van der Waals surface area contributed by atoms with E-state index in [2.05, 4.69) is 42.3 Å². The standard InChI is InChI=1S/C23H25NOSi/c1-18-9-11-20(12-10-18)23(25)22(19-13-15-24-16-14-19)17-26(2,3)21-7-5-4-6-8-21/h4-16,22H,17H2,1-3H3. The molecule has 26 heavy (non-hydrogen) atoms. The minimum atomic E-state index is -1.77. The molecule has 1 atom stereocenters. The van der Waals surface area contributed by atoms with Gasteiger partial charge in [-0.2, -0.15) is 0 Å². The van der Waals surface area contributed by atoms with Crippen molar-refractivity contribution in [2.75, 3.05) is 0 Å². The Morgan fingerprint density at radius 1 is 0.923 bits per heavy atom. The molecule has 132 valence electrons. The minimum Gasteiger partial charge on any atom is -0.294 e. The number of carbonyl (C=O) groups is 1. The van der Waals surface area contributed by atoms with Crippen molar-refractivity contribution in [2.45, 2.75) is 32.0 Å². The third kappa shape index (κ3) is 4.17. The lowest BCUT2D eigenvalue weighted by Gasteiger charge is -2.28. The number of Topliss-reactive ketones (excluding diaryl/α,β-unsaturated/α-hetero) is 1. The van der Waals surface area contributed by atoms with E-state index in [9.17, 15) is 4.79 Å². The molecule has 2 aromatic carbocycles. The molecule has 0 radical (unpaired) electrons. The quantitative estimate of drug-likeness (QED) is 0.459. The van der Waals surface area contributed by atoms with Crippen LogP contribution in [0.3, 0.4) is 0 Å². The van der Waals surface area contributed by atoms with E-state index in [1.54, 1.807) is 12.4 Å². The van der Waals surface area contributed by atoms with Gasteiger partial charge >= 0.3 is 0 Å². The van der Waals surface area contributed by atoms with E-state index >= 15 is 0 Å². The van der Waals surface area contributed by atoms with E-state index < -0.39 is 8.07 Å². The number of carbonyl (C=O) groups excluding carboxylic acids is 1. The Morgan fingerprint density at radius 3 is 2.15 bits per heavy atom. The molecule has 1 heterocycles. The second-order valence-electron chi connectivity index (χ2n) is 7.52. The number of aromatic nitrogens is 1. The van der Waals surface area contributed by atoms with Crippen molar-refractivity contribution in [2.24, 2.45) is 0 Å². The first-order chi connectivity index (χ1) is 12.5. The van der Waals surface area contributed by atoms with Gasteiger partial charge in [0.1, 0.15) is 0 Å². The summed E-state index contributed by atoms with van der Waals surface area (Å²) in [6.07, 6.45) is 3.56. The second kappa shape index (κ2) is 7.79. The van der Waals surface area contributed by atoms with Gasteiger partial charge in [-0.25, -0.2) is 0 Å². The van der Waals surface area contributed by atoms with Crippen LogP contribution in [-0.4, -0.2) is 18.8 Å². The average Bonchev–Trinajstić information content (AvgIpc) is 2.68. The summed E-state index contributed by atoms with van der Waals surface area (Å²) in [5, 5.41) is 1.38. The summed E-state index contributed by atoms with van der Waals surface area (Å²) < 4.78 is 0. The summed E-state index contributed by atoms with van der Waals surface area (Å²) in [7, 11) is -1.77. The van der Waals surface area contributed by atoms with Gasteiger partial charge < -0.3 is 0 Å². The van der Waals surface area contributed by atoms with Crippen LogP contribution in [0.2, 0.25) is 19.1 Å². The number of benzene rings is 2. The lowest BCUT2D eigenvalue weighted by Crippen LogP contribution is -2.43. The zero-order chi connectivity index (χ0) is 18.6. The summed E-state index contributed by atoms with van der Waals surface area (Å²) in [5.74, 6) is 0.0651. The van der Waals surface area contributed by atoms with Gasteiger partial charge in [0.15, 0.2) is 5.78 Å². The number of pyridine rings is 1. The molecule has 0 aliphatic carbocycles. The molecule has 0 aliphatic heterocycles. The number of hydrogen-bond donors (Lipinski definition) is 0. The fourth-order valence-corrected chi connectivity index (χ4v) is 6.17. The molecule has 0 amide bonds.